The maximum Gasteiger partial charge on any atom is 0.0537 e. The molecule has 16 heavy (non-hydrogen) atoms. The molecule has 0 spiro atoms. The van der Waals surface area contributed by atoms with Crippen molar-refractivity contribution in [2.75, 3.05) is 11.5 Å². The van der Waals surface area contributed by atoms with E-state index in [-0.39, 0.29) is 0 Å². The number of aromatic nitrogens is 2. The van der Waals surface area contributed by atoms with Gasteiger partial charge in [0.1, 0.15) is 0 Å². The van der Waals surface area contributed by atoms with Gasteiger partial charge in [-0.3, -0.25) is 5.10 Å². The number of aromatic amines is 1. The predicted molar refractivity (Wildman–Crippen MR) is 72.0 cm³/mol. The first kappa shape index (κ1) is 13.6. The highest BCUT2D eigenvalue weighted by molar-refractivity contribution is 7.99. The van der Waals surface area contributed by atoms with Crippen LogP contribution in [0.25, 0.3) is 0 Å². The number of aryl methyl sites for hydroxylation is 1. The van der Waals surface area contributed by atoms with Gasteiger partial charge < -0.3 is 5.32 Å². The topological polar surface area (TPSA) is 40.7 Å². The molecule has 0 bridgehead atoms. The summed E-state index contributed by atoms with van der Waals surface area (Å²) in [7, 11) is 0. The lowest BCUT2D eigenvalue weighted by molar-refractivity contribution is 0.470. The van der Waals surface area contributed by atoms with E-state index < -0.39 is 0 Å². The average molecular weight is 241 g/mol. The fourth-order valence-electron chi connectivity index (χ4n) is 1.80. The summed E-state index contributed by atoms with van der Waals surface area (Å²) in [6, 6.07) is 0.934. The minimum Gasteiger partial charge on any atom is -0.308 e. The molecule has 1 aromatic rings. The monoisotopic (exact) mass is 241 g/mol. The lowest BCUT2D eigenvalue weighted by atomic mass is 10.1. The summed E-state index contributed by atoms with van der Waals surface area (Å²) in [6.45, 7) is 8.72. The summed E-state index contributed by atoms with van der Waals surface area (Å²) in [5.74, 6) is 2.45. The molecule has 3 nitrogen and oxygen atoms in total. The second kappa shape index (κ2) is 6.97. The van der Waals surface area contributed by atoms with Gasteiger partial charge in [-0.2, -0.15) is 16.9 Å². The number of nitrogens with zero attached hydrogens (tertiary/aromatic N) is 1. The SMILES string of the molecule is CCSCCC(C)NC(C)c1cn[nH]c1C. The van der Waals surface area contributed by atoms with E-state index in [0.29, 0.717) is 12.1 Å². The number of hydrogen-bond acceptors (Lipinski definition) is 3. The molecule has 0 aliphatic carbocycles. The minimum absolute atomic E-state index is 0.375. The fraction of sp³-hybridized carbons (Fsp3) is 0.750. The van der Waals surface area contributed by atoms with Crippen LogP contribution in [-0.2, 0) is 0 Å². The fourth-order valence-corrected chi connectivity index (χ4v) is 2.61. The Labute approximate surface area is 103 Å². The molecule has 0 saturated carbocycles. The summed E-state index contributed by atoms with van der Waals surface area (Å²) in [4.78, 5) is 0. The Balaban J connectivity index is 2.33. The summed E-state index contributed by atoms with van der Waals surface area (Å²) in [5.41, 5.74) is 2.44. The van der Waals surface area contributed by atoms with Crippen LogP contribution in [0.2, 0.25) is 0 Å². The molecule has 0 aliphatic heterocycles. The predicted octanol–water partition coefficient (Wildman–Crippen LogP) is 2.90. The number of rotatable bonds is 7. The first-order valence-corrected chi connectivity index (χ1v) is 7.14. The van der Waals surface area contributed by atoms with Gasteiger partial charge in [0.25, 0.3) is 0 Å². The number of hydrogen-bond donors (Lipinski definition) is 2. The molecule has 0 aromatic carbocycles. The van der Waals surface area contributed by atoms with E-state index in [1.54, 1.807) is 0 Å². The van der Waals surface area contributed by atoms with E-state index in [9.17, 15) is 0 Å². The van der Waals surface area contributed by atoms with Crippen molar-refractivity contribution in [3.63, 3.8) is 0 Å². The van der Waals surface area contributed by atoms with E-state index in [2.05, 4.69) is 43.2 Å². The summed E-state index contributed by atoms with van der Waals surface area (Å²) in [5, 5.41) is 10.6. The van der Waals surface area contributed by atoms with E-state index in [1.807, 2.05) is 18.0 Å². The van der Waals surface area contributed by atoms with Crippen LogP contribution in [0, 0.1) is 6.92 Å². The van der Waals surface area contributed by atoms with Crippen LogP contribution in [-0.4, -0.2) is 27.7 Å². The molecule has 2 atom stereocenters. The van der Waals surface area contributed by atoms with Crippen molar-refractivity contribution in [1.82, 2.24) is 15.5 Å². The van der Waals surface area contributed by atoms with Crippen molar-refractivity contribution >= 4 is 11.8 Å². The largest absolute Gasteiger partial charge is 0.308 e. The molecule has 2 unspecified atom stereocenters. The van der Waals surface area contributed by atoms with Crippen molar-refractivity contribution in [1.29, 1.82) is 0 Å². The molecule has 1 aromatic heterocycles. The first-order valence-electron chi connectivity index (χ1n) is 5.98. The van der Waals surface area contributed by atoms with Gasteiger partial charge in [0.05, 0.1) is 6.20 Å². The zero-order chi connectivity index (χ0) is 12.0. The molecular formula is C12H23N3S. The van der Waals surface area contributed by atoms with Crippen LogP contribution in [0.4, 0.5) is 0 Å². The molecule has 0 fully saturated rings. The van der Waals surface area contributed by atoms with Crippen molar-refractivity contribution in [2.24, 2.45) is 0 Å². The number of nitrogens with one attached hydrogen (secondary N) is 2. The summed E-state index contributed by atoms with van der Waals surface area (Å²) >= 11 is 2.01. The third-order valence-electron chi connectivity index (χ3n) is 2.77. The van der Waals surface area contributed by atoms with Gasteiger partial charge in [-0.15, -0.1) is 0 Å². The molecule has 0 amide bonds. The Kier molecular flexibility index (Phi) is 5.91. The van der Waals surface area contributed by atoms with Gasteiger partial charge in [0.15, 0.2) is 0 Å². The standard InChI is InChI=1S/C12H23N3S/c1-5-16-7-6-9(2)14-10(3)12-8-13-15-11(12)4/h8-10,14H,5-7H2,1-4H3,(H,13,15). The highest BCUT2D eigenvalue weighted by Crippen LogP contribution is 2.16. The summed E-state index contributed by atoms with van der Waals surface area (Å²) in [6.07, 6.45) is 3.14. The molecule has 1 rings (SSSR count). The lowest BCUT2D eigenvalue weighted by Crippen LogP contribution is -2.29. The Morgan fingerprint density at radius 3 is 2.81 bits per heavy atom. The van der Waals surface area contributed by atoms with Gasteiger partial charge in [0.2, 0.25) is 0 Å². The highest BCUT2D eigenvalue weighted by atomic mass is 32.2. The Bertz CT molecular complexity index is 298. The van der Waals surface area contributed by atoms with Gasteiger partial charge >= 0.3 is 0 Å². The highest BCUT2D eigenvalue weighted by Gasteiger charge is 2.12. The van der Waals surface area contributed by atoms with E-state index >= 15 is 0 Å². The Hall–Kier alpha value is -0.480. The van der Waals surface area contributed by atoms with Gasteiger partial charge in [-0.1, -0.05) is 6.92 Å². The maximum absolute atomic E-state index is 4.06. The smallest absolute Gasteiger partial charge is 0.0537 e. The van der Waals surface area contributed by atoms with Crippen LogP contribution in [0.1, 0.15) is 44.5 Å². The van der Waals surface area contributed by atoms with Crippen LogP contribution in [0.3, 0.4) is 0 Å². The maximum atomic E-state index is 4.06. The van der Waals surface area contributed by atoms with Crippen LogP contribution < -0.4 is 5.32 Å². The molecule has 92 valence electrons. The third-order valence-corrected chi connectivity index (χ3v) is 3.70. The Morgan fingerprint density at radius 1 is 1.50 bits per heavy atom. The van der Waals surface area contributed by atoms with Crippen molar-refractivity contribution in [3.05, 3.63) is 17.5 Å². The lowest BCUT2D eigenvalue weighted by Gasteiger charge is -2.19. The van der Waals surface area contributed by atoms with E-state index in [1.165, 1.54) is 23.5 Å². The zero-order valence-corrected chi connectivity index (χ0v) is 11.5. The Morgan fingerprint density at radius 2 is 2.25 bits per heavy atom. The zero-order valence-electron chi connectivity index (χ0n) is 10.7. The molecule has 0 radical (unpaired) electrons. The number of thioether (sulfide) groups is 1. The van der Waals surface area contributed by atoms with Crippen molar-refractivity contribution in [2.45, 2.75) is 46.2 Å². The minimum atomic E-state index is 0.375. The molecule has 1 heterocycles. The van der Waals surface area contributed by atoms with Gasteiger partial charge in [-0.05, 0) is 38.7 Å². The van der Waals surface area contributed by atoms with Crippen molar-refractivity contribution < 1.29 is 0 Å². The molecular weight excluding hydrogens is 218 g/mol. The van der Waals surface area contributed by atoms with Crippen LogP contribution in [0.15, 0.2) is 6.20 Å². The summed E-state index contributed by atoms with van der Waals surface area (Å²) < 4.78 is 0. The first-order chi connectivity index (χ1) is 7.65. The van der Waals surface area contributed by atoms with Gasteiger partial charge in [0, 0.05) is 23.3 Å². The molecule has 4 heteroatoms. The van der Waals surface area contributed by atoms with E-state index in [4.69, 9.17) is 0 Å². The van der Waals surface area contributed by atoms with Crippen LogP contribution in [0.5, 0.6) is 0 Å². The van der Waals surface area contributed by atoms with Gasteiger partial charge in [-0.25, -0.2) is 0 Å². The quantitative estimate of drug-likeness (QED) is 0.721. The average Bonchev–Trinajstić information content (AvgIpc) is 2.65. The second-order valence-electron chi connectivity index (χ2n) is 4.23. The third kappa shape index (κ3) is 4.18. The van der Waals surface area contributed by atoms with E-state index in [0.717, 1.165) is 5.69 Å². The number of H-pyrrole nitrogens is 1. The molecule has 0 saturated heterocycles. The normalized spacial score (nSPS) is 15.0. The molecule has 2 N–H and O–H groups in total. The van der Waals surface area contributed by atoms with Crippen molar-refractivity contribution in [3.8, 4) is 0 Å². The second-order valence-corrected chi connectivity index (χ2v) is 5.62. The molecule has 0 aliphatic rings. The van der Waals surface area contributed by atoms with Crippen LogP contribution >= 0.6 is 11.8 Å².